The molecule has 7 rings (SSSR count). The van der Waals surface area contributed by atoms with E-state index in [9.17, 15) is 9.90 Å². The number of rotatable bonds is 9. The van der Waals surface area contributed by atoms with Gasteiger partial charge in [-0.2, -0.15) is 10.1 Å². The number of piperidine rings is 1. The molecule has 0 spiro atoms. The third-order valence-electron chi connectivity index (χ3n) is 8.98. The fraction of sp³-hybridized carbons (Fsp3) is 0.412. The van der Waals surface area contributed by atoms with E-state index >= 15 is 0 Å². The standard InChI is InChI=1S/C34H40N8O2/c1-20(2)18-42-28-15-27(21(3)13-24(28)16-36-42)38-34-35-17-29(41-12-6-8-23(19-41)33(44)37-25-10-11-25)32(40-34)39-31-26-9-5-4-7-22(26)14-30(31)43/h4-5,7,9,13,15-17,23,25,30-31,43H,1,6,8,10-12,14,18-19H2,2-3H3,(H,37,44)(H2,35,38,39,40)/t23?,30-,31+/m1/s1. The highest BCUT2D eigenvalue weighted by atomic mass is 16.3. The molecule has 2 aliphatic carbocycles. The molecule has 44 heavy (non-hydrogen) atoms. The number of aliphatic hydroxyl groups excluding tert-OH is 1. The summed E-state index contributed by atoms with van der Waals surface area (Å²) < 4.78 is 1.95. The number of fused-ring (bicyclic) bond motifs is 2. The molecule has 0 bridgehead atoms. The van der Waals surface area contributed by atoms with Crippen LogP contribution in [0.2, 0.25) is 0 Å². The zero-order valence-corrected chi connectivity index (χ0v) is 25.4. The molecule has 1 amide bonds. The highest BCUT2D eigenvalue weighted by Gasteiger charge is 2.34. The van der Waals surface area contributed by atoms with E-state index in [1.54, 1.807) is 0 Å². The lowest BCUT2D eigenvalue weighted by molar-refractivity contribution is -0.125. The minimum absolute atomic E-state index is 0.0776. The van der Waals surface area contributed by atoms with Crippen LogP contribution in [0.5, 0.6) is 0 Å². The van der Waals surface area contributed by atoms with E-state index in [1.807, 2.05) is 36.1 Å². The quantitative estimate of drug-likeness (QED) is 0.200. The largest absolute Gasteiger partial charge is 0.390 e. The van der Waals surface area contributed by atoms with Gasteiger partial charge in [-0.25, -0.2) is 4.98 Å². The van der Waals surface area contributed by atoms with Crippen LogP contribution >= 0.6 is 0 Å². The second kappa shape index (κ2) is 11.6. The number of carbonyl (C=O) groups excluding carboxylic acids is 1. The Labute approximate surface area is 257 Å². The summed E-state index contributed by atoms with van der Waals surface area (Å²) >= 11 is 0. The van der Waals surface area contributed by atoms with Gasteiger partial charge in [0.15, 0.2) is 5.82 Å². The number of carbonyl (C=O) groups is 1. The maximum atomic E-state index is 13.0. The lowest BCUT2D eigenvalue weighted by Crippen LogP contribution is -2.44. The van der Waals surface area contributed by atoms with Crippen LogP contribution in [0.3, 0.4) is 0 Å². The van der Waals surface area contributed by atoms with Crippen LogP contribution in [0.25, 0.3) is 10.9 Å². The van der Waals surface area contributed by atoms with E-state index in [-0.39, 0.29) is 17.9 Å². The molecule has 1 aliphatic heterocycles. The van der Waals surface area contributed by atoms with Crippen LogP contribution in [0.15, 0.2) is 60.9 Å². The number of nitrogens with one attached hydrogen (secondary N) is 3. The Morgan fingerprint density at radius 3 is 2.82 bits per heavy atom. The van der Waals surface area contributed by atoms with Gasteiger partial charge in [0.1, 0.15) is 0 Å². The Morgan fingerprint density at radius 2 is 2.00 bits per heavy atom. The molecule has 228 valence electrons. The van der Waals surface area contributed by atoms with Gasteiger partial charge in [-0.3, -0.25) is 9.48 Å². The smallest absolute Gasteiger partial charge is 0.229 e. The third kappa shape index (κ3) is 5.74. The van der Waals surface area contributed by atoms with Crippen molar-refractivity contribution in [3.63, 3.8) is 0 Å². The lowest BCUT2D eigenvalue weighted by atomic mass is 9.96. The molecule has 3 heterocycles. The van der Waals surface area contributed by atoms with Crippen molar-refractivity contribution in [2.75, 3.05) is 28.6 Å². The van der Waals surface area contributed by atoms with Crippen LogP contribution < -0.4 is 20.9 Å². The Kier molecular flexibility index (Phi) is 7.45. The summed E-state index contributed by atoms with van der Waals surface area (Å²) in [5.74, 6) is 1.15. The number of aryl methyl sites for hydroxylation is 1. The molecule has 3 atom stereocenters. The number of hydrogen-bond donors (Lipinski definition) is 4. The van der Waals surface area contributed by atoms with Crippen LogP contribution in [-0.2, 0) is 17.8 Å². The minimum Gasteiger partial charge on any atom is -0.390 e. The van der Waals surface area contributed by atoms with Crippen molar-refractivity contribution < 1.29 is 9.90 Å². The molecule has 2 fully saturated rings. The summed E-state index contributed by atoms with van der Waals surface area (Å²) in [6.45, 7) is 10.2. The molecule has 2 aromatic carbocycles. The number of aromatic nitrogens is 4. The molecular formula is C34H40N8O2. The first-order valence-corrected chi connectivity index (χ1v) is 15.6. The number of hydrogen-bond acceptors (Lipinski definition) is 8. The number of aliphatic hydroxyl groups is 1. The van der Waals surface area contributed by atoms with Gasteiger partial charge >= 0.3 is 0 Å². The summed E-state index contributed by atoms with van der Waals surface area (Å²) in [4.78, 5) is 24.9. The van der Waals surface area contributed by atoms with Crippen molar-refractivity contribution in [2.24, 2.45) is 5.92 Å². The predicted molar refractivity (Wildman–Crippen MR) is 173 cm³/mol. The van der Waals surface area contributed by atoms with Gasteiger partial charge in [0, 0.05) is 36.6 Å². The van der Waals surface area contributed by atoms with E-state index in [4.69, 9.17) is 9.97 Å². The fourth-order valence-electron chi connectivity index (χ4n) is 6.50. The maximum Gasteiger partial charge on any atom is 0.229 e. The molecular weight excluding hydrogens is 552 g/mol. The van der Waals surface area contributed by atoms with Crippen molar-refractivity contribution in [3.05, 3.63) is 77.6 Å². The fourth-order valence-corrected chi connectivity index (χ4v) is 6.50. The molecule has 3 aliphatic rings. The Morgan fingerprint density at radius 1 is 1.16 bits per heavy atom. The van der Waals surface area contributed by atoms with Gasteiger partial charge in [0.25, 0.3) is 0 Å². The minimum atomic E-state index is -0.580. The van der Waals surface area contributed by atoms with Crippen LogP contribution in [0.1, 0.15) is 55.3 Å². The molecule has 1 saturated carbocycles. The Hall–Kier alpha value is -4.44. The van der Waals surface area contributed by atoms with E-state index < -0.39 is 6.10 Å². The van der Waals surface area contributed by atoms with Crippen molar-refractivity contribution in [2.45, 2.75) is 70.7 Å². The van der Waals surface area contributed by atoms with Gasteiger partial charge in [-0.1, -0.05) is 36.4 Å². The summed E-state index contributed by atoms with van der Waals surface area (Å²) in [5, 5.41) is 26.9. The van der Waals surface area contributed by atoms with Crippen LogP contribution in [-0.4, -0.2) is 56.0 Å². The first-order chi connectivity index (χ1) is 21.3. The lowest BCUT2D eigenvalue weighted by Gasteiger charge is -2.35. The van der Waals surface area contributed by atoms with Gasteiger partial charge in [0.05, 0.1) is 48.2 Å². The summed E-state index contributed by atoms with van der Waals surface area (Å²) in [6.07, 6.45) is 7.66. The molecule has 4 aromatic rings. The monoisotopic (exact) mass is 592 g/mol. The summed E-state index contributed by atoms with van der Waals surface area (Å²) in [6, 6.07) is 12.4. The zero-order chi connectivity index (χ0) is 30.4. The van der Waals surface area contributed by atoms with Gasteiger partial charge in [-0.15, -0.1) is 0 Å². The van der Waals surface area contributed by atoms with E-state index in [2.05, 4.69) is 63.7 Å². The van der Waals surface area contributed by atoms with Gasteiger partial charge in [0.2, 0.25) is 11.9 Å². The van der Waals surface area contributed by atoms with Crippen molar-refractivity contribution >= 4 is 40.0 Å². The van der Waals surface area contributed by atoms with E-state index in [0.29, 0.717) is 37.3 Å². The number of nitrogens with zero attached hydrogens (tertiary/aromatic N) is 5. The number of amides is 1. The molecule has 10 heteroatoms. The third-order valence-corrected chi connectivity index (χ3v) is 8.98. The van der Waals surface area contributed by atoms with Crippen molar-refractivity contribution in [1.29, 1.82) is 0 Å². The highest BCUT2D eigenvalue weighted by Crippen LogP contribution is 2.38. The SMILES string of the molecule is C=C(C)Cn1ncc2cc(C)c(Nc3ncc(N4CCCC(C(=O)NC5CC5)C4)c(N[C@H]4c5ccccc5C[C@H]4O)n3)cc21. The second-order valence-corrected chi connectivity index (χ2v) is 12.7. The van der Waals surface area contributed by atoms with E-state index in [0.717, 1.165) is 76.8 Å². The topological polar surface area (TPSA) is 120 Å². The highest BCUT2D eigenvalue weighted by molar-refractivity contribution is 5.85. The zero-order valence-electron chi connectivity index (χ0n) is 25.4. The first-order valence-electron chi connectivity index (χ1n) is 15.6. The molecule has 10 nitrogen and oxygen atoms in total. The summed E-state index contributed by atoms with van der Waals surface area (Å²) in [5.41, 5.74) is 7.02. The molecule has 0 radical (unpaired) electrons. The van der Waals surface area contributed by atoms with Crippen molar-refractivity contribution in [1.82, 2.24) is 25.1 Å². The van der Waals surface area contributed by atoms with Crippen molar-refractivity contribution in [3.8, 4) is 0 Å². The number of benzene rings is 2. The number of allylic oxidation sites excluding steroid dienone is 1. The van der Waals surface area contributed by atoms with E-state index in [1.165, 1.54) is 0 Å². The van der Waals surface area contributed by atoms with Crippen LogP contribution in [0.4, 0.5) is 23.1 Å². The predicted octanol–water partition coefficient (Wildman–Crippen LogP) is 5.02. The normalized spacial score (nSPS) is 21.2. The first kappa shape index (κ1) is 28.3. The maximum absolute atomic E-state index is 13.0. The second-order valence-electron chi connectivity index (χ2n) is 12.7. The van der Waals surface area contributed by atoms with Crippen LogP contribution in [0, 0.1) is 12.8 Å². The Bertz CT molecular complexity index is 1730. The summed E-state index contributed by atoms with van der Waals surface area (Å²) in [7, 11) is 0. The molecule has 4 N–H and O–H groups in total. The van der Waals surface area contributed by atoms with Gasteiger partial charge < -0.3 is 26.0 Å². The average Bonchev–Trinajstić information content (AvgIpc) is 3.67. The Balaban J connectivity index is 1.21. The average molecular weight is 593 g/mol. The number of anilines is 4. The molecule has 1 saturated heterocycles. The molecule has 1 unspecified atom stereocenters. The molecule has 2 aromatic heterocycles. The van der Waals surface area contributed by atoms with Gasteiger partial charge in [-0.05, 0) is 68.4 Å².